The van der Waals surface area contributed by atoms with Crippen molar-refractivity contribution in [3.63, 3.8) is 0 Å². The average molecular weight is 553 g/mol. The van der Waals surface area contributed by atoms with Gasteiger partial charge in [0.2, 0.25) is 0 Å². The number of amidine groups is 1. The normalized spacial score (nSPS) is 18.6. The molecule has 206 valence electrons. The van der Waals surface area contributed by atoms with Crippen LogP contribution in [-0.4, -0.2) is 35.2 Å². The number of nitro benzene ring substituents is 1. The fraction of sp³-hybridized carbons (Fsp3) is 0.179. The third kappa shape index (κ3) is 4.92. The zero-order valence-electron chi connectivity index (χ0n) is 21.4. The smallest absolute Gasteiger partial charge is 0.457 e. The number of quaternary nitrogens is 1. The number of ether oxygens (including phenoxy) is 2. The summed E-state index contributed by atoms with van der Waals surface area (Å²) in [6.07, 6.45) is -1.48. The van der Waals surface area contributed by atoms with E-state index in [-0.39, 0.29) is 41.2 Å². The summed E-state index contributed by atoms with van der Waals surface area (Å²) in [6, 6.07) is 14.0. The van der Waals surface area contributed by atoms with Gasteiger partial charge in [0.15, 0.2) is 23.4 Å². The number of esters is 1. The van der Waals surface area contributed by atoms with Gasteiger partial charge in [-0.15, -0.1) is 0 Å². The molecule has 1 N–H and O–H groups in total. The van der Waals surface area contributed by atoms with Crippen molar-refractivity contribution >= 4 is 29.5 Å². The molecule has 0 saturated heterocycles. The number of nitro groups is 1. The van der Waals surface area contributed by atoms with E-state index in [0.717, 1.165) is 30.3 Å². The number of rotatable bonds is 7. The number of hydrogen-bond acceptors (Lipinski definition) is 7. The van der Waals surface area contributed by atoms with E-state index in [0.29, 0.717) is 5.56 Å². The van der Waals surface area contributed by atoms with Gasteiger partial charge in [0.1, 0.15) is 12.2 Å². The van der Waals surface area contributed by atoms with E-state index in [4.69, 9.17) is 9.47 Å². The van der Waals surface area contributed by atoms with Crippen LogP contribution in [0.25, 0.3) is 0 Å². The summed E-state index contributed by atoms with van der Waals surface area (Å²) in [4.78, 5) is 42.0. The molecule has 0 aromatic heterocycles. The summed E-state index contributed by atoms with van der Waals surface area (Å²) in [5.74, 6) is -3.39. The third-order valence-corrected chi connectivity index (χ3v) is 6.48. The van der Waals surface area contributed by atoms with Crippen LogP contribution in [-0.2, 0) is 20.9 Å². The van der Waals surface area contributed by atoms with Crippen LogP contribution in [0.4, 0.5) is 25.0 Å². The number of amides is 1. The Morgan fingerprint density at radius 1 is 1.05 bits per heavy atom. The van der Waals surface area contributed by atoms with E-state index >= 15 is 0 Å². The van der Waals surface area contributed by atoms with Gasteiger partial charge in [0.05, 0.1) is 17.7 Å². The fourth-order valence-electron chi connectivity index (χ4n) is 4.65. The monoisotopic (exact) mass is 552 g/mol. The first-order chi connectivity index (χ1) is 19.1. The summed E-state index contributed by atoms with van der Waals surface area (Å²) in [7, 11) is 1.18. The number of allylic oxidation sites excluding steroid dienone is 1. The highest BCUT2D eigenvalue weighted by molar-refractivity contribution is 6.09. The van der Waals surface area contributed by atoms with E-state index in [1.165, 1.54) is 19.2 Å². The molecule has 40 heavy (non-hydrogen) atoms. The summed E-state index contributed by atoms with van der Waals surface area (Å²) in [5.41, 5.74) is 0.0354. The van der Waals surface area contributed by atoms with Crippen molar-refractivity contribution in [3.8, 4) is 0 Å². The van der Waals surface area contributed by atoms with Crippen molar-refractivity contribution in [1.29, 1.82) is 0 Å². The number of nitrogens with zero attached hydrogens (tertiary/aromatic N) is 3. The minimum atomic E-state index is -1.60. The van der Waals surface area contributed by atoms with Crippen LogP contribution in [0.15, 0.2) is 89.1 Å². The second-order valence-corrected chi connectivity index (χ2v) is 8.73. The van der Waals surface area contributed by atoms with Crippen LogP contribution in [0.3, 0.4) is 0 Å². The minimum absolute atomic E-state index is 0.0956. The Bertz CT molecular complexity index is 1520. The first-order valence-electron chi connectivity index (χ1n) is 12.0. The number of non-ortho nitro benzene ring substituents is 1. The van der Waals surface area contributed by atoms with Gasteiger partial charge in [-0.05, 0) is 30.2 Å². The molecule has 1 heterocycles. The van der Waals surface area contributed by atoms with Crippen LogP contribution >= 0.6 is 0 Å². The maximum Gasteiger partial charge on any atom is 0.528 e. The Balaban J connectivity index is 2.00. The summed E-state index contributed by atoms with van der Waals surface area (Å²) >= 11 is 0. The van der Waals surface area contributed by atoms with E-state index in [1.807, 2.05) is 0 Å². The van der Waals surface area contributed by atoms with Crippen LogP contribution in [0.5, 0.6) is 0 Å². The lowest BCUT2D eigenvalue weighted by molar-refractivity contribution is -0.384. The number of halogens is 2. The molecule has 3 aromatic rings. The second kappa shape index (κ2) is 11.4. The maximum atomic E-state index is 14.6. The highest BCUT2D eigenvalue weighted by Gasteiger charge is 2.60. The van der Waals surface area contributed by atoms with Gasteiger partial charge in [-0.1, -0.05) is 41.7 Å². The molecule has 2 atom stereocenters. The molecule has 1 amide bonds. The maximum absolute atomic E-state index is 14.6. The lowest BCUT2D eigenvalue weighted by Crippen LogP contribution is -2.63. The van der Waals surface area contributed by atoms with E-state index < -0.39 is 45.2 Å². The summed E-state index contributed by atoms with van der Waals surface area (Å²) < 4.78 is 38.3. The number of aliphatic imine (C=N–C) groups is 1. The van der Waals surface area contributed by atoms with Gasteiger partial charge >= 0.3 is 18.1 Å². The lowest BCUT2D eigenvalue weighted by Gasteiger charge is -2.40. The Labute approximate surface area is 227 Å². The molecule has 1 aliphatic rings. The standard InChI is InChI=1S/C28H23F2N3O7/c1-3-23-24(26(34)40-16-17-7-5-4-6-8-17)25(18-9-14-21(29)22(30)15-18)33(28(35)36,27(31-23)39-2)20-12-10-19(11-13-20)32(37)38/h4-15,25H,3,16H2,1-2H3/p+1. The predicted octanol–water partition coefficient (Wildman–Crippen LogP) is 6.02. The number of benzene rings is 3. The Morgan fingerprint density at radius 2 is 1.73 bits per heavy atom. The third-order valence-electron chi connectivity index (χ3n) is 6.48. The van der Waals surface area contributed by atoms with Crippen molar-refractivity contribution in [2.45, 2.75) is 26.0 Å². The molecular weight excluding hydrogens is 528 g/mol. The molecular formula is C28H24F2N3O7+. The SMILES string of the molecule is CCC1=C(C(=O)OCc2ccccc2)C(c2ccc(F)c(F)c2)[N+](C(=O)O)(c2ccc([N+](=O)[O-])cc2)C(OC)=N1. The summed E-state index contributed by atoms with van der Waals surface area (Å²) in [5, 5.41) is 22.1. The van der Waals surface area contributed by atoms with Crippen molar-refractivity contribution < 1.29 is 37.9 Å². The van der Waals surface area contributed by atoms with E-state index in [2.05, 4.69) is 4.99 Å². The van der Waals surface area contributed by atoms with Gasteiger partial charge in [0.25, 0.3) is 5.69 Å². The van der Waals surface area contributed by atoms with Crippen molar-refractivity contribution in [1.82, 2.24) is 4.48 Å². The van der Waals surface area contributed by atoms with E-state index in [9.17, 15) is 33.6 Å². The van der Waals surface area contributed by atoms with Gasteiger partial charge in [-0.25, -0.2) is 13.6 Å². The fourth-order valence-corrected chi connectivity index (χ4v) is 4.65. The summed E-state index contributed by atoms with van der Waals surface area (Å²) in [6.45, 7) is 1.52. The van der Waals surface area contributed by atoms with Crippen molar-refractivity contribution in [3.05, 3.63) is 117 Å². The average Bonchev–Trinajstić information content (AvgIpc) is 2.96. The first kappa shape index (κ1) is 28.0. The minimum Gasteiger partial charge on any atom is -0.457 e. The quantitative estimate of drug-likeness (QED) is 0.164. The van der Waals surface area contributed by atoms with Gasteiger partial charge < -0.3 is 14.6 Å². The molecule has 3 aromatic carbocycles. The molecule has 2 unspecified atom stereocenters. The molecule has 10 nitrogen and oxygen atoms in total. The van der Waals surface area contributed by atoms with Crippen molar-refractivity contribution in [2.75, 3.05) is 7.11 Å². The highest BCUT2D eigenvalue weighted by atomic mass is 19.2. The van der Waals surface area contributed by atoms with Crippen LogP contribution in [0.2, 0.25) is 0 Å². The van der Waals surface area contributed by atoms with Gasteiger partial charge in [-0.3, -0.25) is 10.1 Å². The zero-order chi connectivity index (χ0) is 29.0. The Morgan fingerprint density at radius 3 is 2.27 bits per heavy atom. The van der Waals surface area contributed by atoms with Gasteiger partial charge in [0, 0.05) is 29.8 Å². The number of methoxy groups -OCH3 is 1. The van der Waals surface area contributed by atoms with Gasteiger partial charge in [-0.2, -0.15) is 9.79 Å². The molecule has 0 bridgehead atoms. The molecule has 0 spiro atoms. The first-order valence-corrected chi connectivity index (χ1v) is 12.0. The predicted molar refractivity (Wildman–Crippen MR) is 140 cm³/mol. The number of hydrogen-bond donors (Lipinski definition) is 1. The number of carbonyl (C=O) groups excluding carboxylic acids is 1. The van der Waals surface area contributed by atoms with E-state index in [1.54, 1.807) is 37.3 Å². The molecule has 0 saturated carbocycles. The Hall–Kier alpha value is -4.97. The Kier molecular flexibility index (Phi) is 8.00. The van der Waals surface area contributed by atoms with Crippen LogP contribution < -0.4 is 4.48 Å². The van der Waals surface area contributed by atoms with Crippen LogP contribution in [0.1, 0.15) is 30.5 Å². The topological polar surface area (TPSA) is 128 Å². The molecule has 1 aliphatic heterocycles. The highest BCUT2D eigenvalue weighted by Crippen LogP contribution is 2.47. The number of carboxylic acid groups (broad SMARTS) is 1. The zero-order valence-corrected chi connectivity index (χ0v) is 21.4. The largest absolute Gasteiger partial charge is 0.528 e. The molecule has 0 fully saturated rings. The van der Waals surface area contributed by atoms with Crippen LogP contribution in [0, 0.1) is 21.7 Å². The molecule has 0 aliphatic carbocycles. The van der Waals surface area contributed by atoms with Crippen molar-refractivity contribution in [2.24, 2.45) is 4.99 Å². The number of carbonyl (C=O) groups is 2. The molecule has 4 rings (SSSR count). The molecule has 12 heteroatoms. The molecule has 0 radical (unpaired) electrons. The second-order valence-electron chi connectivity index (χ2n) is 8.73. The lowest BCUT2D eigenvalue weighted by atomic mass is 9.90.